The first kappa shape index (κ1) is 37.7. The number of amides is 2. The first-order valence-corrected chi connectivity index (χ1v) is 15.4. The maximum atomic E-state index is 13.1. The molecule has 1 aliphatic carbocycles. The summed E-state index contributed by atoms with van der Waals surface area (Å²) in [7, 11) is 0. The molecule has 0 aromatic heterocycles. The Balaban J connectivity index is 2.09. The van der Waals surface area contributed by atoms with Gasteiger partial charge in [0.1, 0.15) is 13.2 Å². The molecule has 10 heteroatoms. The number of nitrogens with one attached hydrogen (secondary N) is 2. The number of alkyl carbamates (subject to hydrolysis) is 2. The maximum absolute atomic E-state index is 13.1. The second-order valence-electron chi connectivity index (χ2n) is 11.5. The highest BCUT2D eigenvalue weighted by Gasteiger charge is 2.41. The van der Waals surface area contributed by atoms with Crippen molar-refractivity contribution in [3.05, 3.63) is 85.5 Å². The average Bonchev–Trinajstić information content (AvgIpc) is 3.04. The van der Waals surface area contributed by atoms with Crippen LogP contribution in [-0.4, -0.2) is 78.3 Å². The quantitative estimate of drug-likeness (QED) is 0.104. The third-order valence-corrected chi connectivity index (χ3v) is 7.89. The van der Waals surface area contributed by atoms with Crippen molar-refractivity contribution in [2.45, 2.75) is 45.7 Å². The van der Waals surface area contributed by atoms with E-state index in [0.29, 0.717) is 65.7 Å². The van der Waals surface area contributed by atoms with Crippen molar-refractivity contribution in [2.24, 2.45) is 10.8 Å². The number of ether oxygens (including phenoxy) is 6. The topological polar surface area (TPSA) is 114 Å². The van der Waals surface area contributed by atoms with Crippen molar-refractivity contribution in [2.75, 3.05) is 66.1 Å². The average molecular weight is 629 g/mol. The van der Waals surface area contributed by atoms with Crippen molar-refractivity contribution < 1.29 is 38.0 Å². The van der Waals surface area contributed by atoms with E-state index in [9.17, 15) is 9.59 Å². The summed E-state index contributed by atoms with van der Waals surface area (Å²) in [6, 6.07) is 4.88. The molecular weight excluding hydrogens is 576 g/mol. The fourth-order valence-electron chi connectivity index (χ4n) is 4.90. The van der Waals surface area contributed by atoms with E-state index in [0.717, 1.165) is 16.7 Å². The minimum atomic E-state index is -0.611. The normalized spacial score (nSPS) is 15.6. The van der Waals surface area contributed by atoms with E-state index in [-0.39, 0.29) is 13.2 Å². The summed E-state index contributed by atoms with van der Waals surface area (Å²) >= 11 is 0. The van der Waals surface area contributed by atoms with E-state index in [1.54, 1.807) is 24.3 Å². The molecule has 0 spiro atoms. The Morgan fingerprint density at radius 3 is 1.40 bits per heavy atom. The second-order valence-corrected chi connectivity index (χ2v) is 11.5. The van der Waals surface area contributed by atoms with Crippen molar-refractivity contribution >= 4 is 12.2 Å². The summed E-state index contributed by atoms with van der Waals surface area (Å²) in [4.78, 5) is 26.2. The Labute approximate surface area is 268 Å². The summed E-state index contributed by atoms with van der Waals surface area (Å²) in [6.45, 7) is 23.7. The fraction of sp³-hybridized carbons (Fsp3) is 0.543. The van der Waals surface area contributed by atoms with Crippen LogP contribution in [0.5, 0.6) is 0 Å². The van der Waals surface area contributed by atoms with Crippen molar-refractivity contribution in [3.8, 4) is 0 Å². The summed E-state index contributed by atoms with van der Waals surface area (Å²) in [5.74, 6) is 0. The molecule has 1 aliphatic rings. The largest absolute Gasteiger partial charge is 0.449 e. The van der Waals surface area contributed by atoms with E-state index in [1.165, 1.54) is 0 Å². The van der Waals surface area contributed by atoms with Crippen LogP contribution in [0.2, 0.25) is 0 Å². The minimum Gasteiger partial charge on any atom is -0.449 e. The molecule has 2 unspecified atom stereocenters. The van der Waals surface area contributed by atoms with Gasteiger partial charge in [0.2, 0.25) is 0 Å². The van der Waals surface area contributed by atoms with Gasteiger partial charge in [0.05, 0.1) is 75.8 Å². The Morgan fingerprint density at radius 2 is 1.04 bits per heavy atom. The monoisotopic (exact) mass is 628 g/mol. The third-order valence-electron chi connectivity index (χ3n) is 7.89. The van der Waals surface area contributed by atoms with Crippen LogP contribution in [0, 0.1) is 17.8 Å². The van der Waals surface area contributed by atoms with Crippen LogP contribution < -0.4 is 10.6 Å². The van der Waals surface area contributed by atoms with E-state index >= 15 is 0 Å². The molecule has 0 saturated carbocycles. The molecular formula is C35H52N2O8. The first-order valence-electron chi connectivity index (χ1n) is 15.4. The van der Waals surface area contributed by atoms with E-state index in [4.69, 9.17) is 28.4 Å². The van der Waals surface area contributed by atoms with Crippen LogP contribution in [-0.2, 0) is 28.4 Å². The van der Waals surface area contributed by atoms with Crippen LogP contribution in [0.3, 0.4) is 0 Å². The molecule has 0 saturated heterocycles. The SMILES string of the molecule is C=CCOCC(CC)(COCC=C)COC(=O)NC1c2ccc(C)cc2C1NC(=O)OCC(CC)(COCC=C)COCC=C. The molecule has 250 valence electrons. The molecule has 1 aromatic carbocycles. The van der Waals surface area contributed by atoms with Crippen LogP contribution in [0.4, 0.5) is 9.59 Å². The molecule has 2 amide bonds. The lowest BCUT2D eigenvalue weighted by Gasteiger charge is -2.40. The molecule has 0 bridgehead atoms. The lowest BCUT2D eigenvalue weighted by atomic mass is 9.77. The Morgan fingerprint density at radius 1 is 0.667 bits per heavy atom. The van der Waals surface area contributed by atoms with Crippen molar-refractivity contribution in [3.63, 3.8) is 0 Å². The molecule has 0 fully saturated rings. The van der Waals surface area contributed by atoms with Crippen molar-refractivity contribution in [1.82, 2.24) is 10.6 Å². The zero-order valence-electron chi connectivity index (χ0n) is 27.3. The van der Waals surface area contributed by atoms with Crippen LogP contribution in [0.1, 0.15) is 55.5 Å². The number of carbonyl (C=O) groups is 2. The summed E-state index contributed by atoms with van der Waals surface area (Å²) < 4.78 is 34.3. The van der Waals surface area contributed by atoms with Gasteiger partial charge in [-0.3, -0.25) is 0 Å². The molecule has 2 N–H and O–H groups in total. The summed E-state index contributed by atoms with van der Waals surface area (Å²) in [5.41, 5.74) is 1.74. The molecule has 10 nitrogen and oxygen atoms in total. The second kappa shape index (κ2) is 19.8. The lowest BCUT2D eigenvalue weighted by Crippen LogP contribution is -2.48. The van der Waals surface area contributed by atoms with Crippen LogP contribution >= 0.6 is 0 Å². The fourth-order valence-corrected chi connectivity index (χ4v) is 4.90. The number of carbonyl (C=O) groups excluding carboxylic acids is 2. The van der Waals surface area contributed by atoms with Gasteiger partial charge in [0.25, 0.3) is 0 Å². The maximum Gasteiger partial charge on any atom is 0.407 e. The minimum absolute atomic E-state index is 0.0814. The third kappa shape index (κ3) is 11.8. The Hall–Kier alpha value is -3.44. The zero-order chi connectivity index (χ0) is 33.1. The zero-order valence-corrected chi connectivity index (χ0v) is 27.3. The van der Waals surface area contributed by atoms with E-state index < -0.39 is 35.1 Å². The molecule has 0 heterocycles. The van der Waals surface area contributed by atoms with Gasteiger partial charge in [-0.05, 0) is 30.9 Å². The van der Waals surface area contributed by atoms with Gasteiger partial charge in [-0.2, -0.15) is 0 Å². The highest BCUT2D eigenvalue weighted by molar-refractivity contribution is 5.72. The number of hydrogen-bond acceptors (Lipinski definition) is 8. The standard InChI is InChI=1S/C35H52N2O8/c1-8-16-40-21-34(12-5,22-41-17-9-2)25-44-32(38)36-30-28-15-14-27(7)20-29(28)31(30)37-33(39)45-26-35(13-6,23-42-18-10-3)24-43-19-11-4/h8-11,14-15,20,30-31H,1-4,12-13,16-19,21-26H2,5-7H3,(H,36,38)(H,37,39). The Bertz CT molecular complexity index is 1090. The number of fused-ring (bicyclic) bond motifs is 1. The summed E-state index contributed by atoms with van der Waals surface area (Å²) in [6.07, 6.45) is 6.77. The molecule has 0 radical (unpaired) electrons. The van der Waals surface area contributed by atoms with E-state index in [1.807, 2.05) is 39.0 Å². The molecule has 2 atom stereocenters. The molecule has 2 rings (SSSR count). The van der Waals surface area contributed by atoms with Gasteiger partial charge in [0.15, 0.2) is 0 Å². The molecule has 45 heavy (non-hydrogen) atoms. The smallest absolute Gasteiger partial charge is 0.407 e. The van der Waals surface area contributed by atoms with Gasteiger partial charge in [-0.15, -0.1) is 26.3 Å². The number of rotatable bonds is 24. The first-order chi connectivity index (χ1) is 21.7. The lowest BCUT2D eigenvalue weighted by molar-refractivity contribution is -0.0477. The van der Waals surface area contributed by atoms with Crippen LogP contribution in [0.25, 0.3) is 0 Å². The summed E-state index contributed by atoms with van der Waals surface area (Å²) in [5, 5.41) is 5.86. The highest BCUT2D eigenvalue weighted by Crippen LogP contribution is 2.43. The van der Waals surface area contributed by atoms with Gasteiger partial charge in [0, 0.05) is 0 Å². The number of hydrogen-bond donors (Lipinski definition) is 2. The van der Waals surface area contributed by atoms with Gasteiger partial charge >= 0.3 is 12.2 Å². The Kier molecular flexibility index (Phi) is 16.6. The molecule has 0 aliphatic heterocycles. The van der Waals surface area contributed by atoms with Crippen LogP contribution in [0.15, 0.2) is 68.8 Å². The number of benzene rings is 1. The van der Waals surface area contributed by atoms with Gasteiger partial charge in [-0.1, -0.05) is 61.9 Å². The van der Waals surface area contributed by atoms with Gasteiger partial charge < -0.3 is 39.1 Å². The predicted molar refractivity (Wildman–Crippen MR) is 175 cm³/mol. The van der Waals surface area contributed by atoms with E-state index in [2.05, 4.69) is 36.9 Å². The predicted octanol–water partition coefficient (Wildman–Crippen LogP) is 6.15. The van der Waals surface area contributed by atoms with Crippen molar-refractivity contribution in [1.29, 1.82) is 0 Å². The highest BCUT2D eigenvalue weighted by atomic mass is 16.6. The molecule has 1 aromatic rings. The van der Waals surface area contributed by atoms with Gasteiger partial charge in [-0.25, -0.2) is 9.59 Å². The number of aryl methyl sites for hydroxylation is 1.